The number of para-hydroxylation sites is 1. The van der Waals surface area contributed by atoms with E-state index in [-0.39, 0.29) is 17.9 Å². The monoisotopic (exact) mass is 322 g/mol. The molecule has 124 valence electrons. The summed E-state index contributed by atoms with van der Waals surface area (Å²) < 4.78 is 1.94. The molecule has 1 N–H and O–H groups in total. The van der Waals surface area contributed by atoms with E-state index >= 15 is 0 Å². The summed E-state index contributed by atoms with van der Waals surface area (Å²) in [6.07, 6.45) is 2.70. The summed E-state index contributed by atoms with van der Waals surface area (Å²) in [6.45, 7) is 7.01. The number of allylic oxidation sites excluding steroid dienone is 1. The van der Waals surface area contributed by atoms with Gasteiger partial charge in [0.15, 0.2) is 0 Å². The fourth-order valence-electron chi connectivity index (χ4n) is 3.84. The molecule has 1 unspecified atom stereocenters. The zero-order valence-electron chi connectivity index (χ0n) is 14.3. The van der Waals surface area contributed by atoms with E-state index in [9.17, 15) is 4.79 Å². The van der Waals surface area contributed by atoms with Crippen LogP contribution in [0, 0.1) is 5.92 Å². The molecular formula is C19H22N4O. The number of fused-ring (bicyclic) bond motifs is 2. The quantitative estimate of drug-likeness (QED) is 0.922. The summed E-state index contributed by atoms with van der Waals surface area (Å²) in [4.78, 5) is 15.3. The van der Waals surface area contributed by atoms with Crippen molar-refractivity contribution in [1.82, 2.24) is 9.78 Å². The molecule has 4 rings (SSSR count). The Morgan fingerprint density at radius 3 is 2.88 bits per heavy atom. The third kappa shape index (κ3) is 2.15. The Morgan fingerprint density at radius 2 is 2.08 bits per heavy atom. The first-order valence-electron chi connectivity index (χ1n) is 8.49. The Hall–Kier alpha value is -2.56. The summed E-state index contributed by atoms with van der Waals surface area (Å²) in [5.41, 5.74) is 4.03. The van der Waals surface area contributed by atoms with Crippen LogP contribution in [-0.2, 0) is 11.2 Å². The number of amides is 1. The molecule has 0 fully saturated rings. The number of nitrogens with zero attached hydrogens (tertiary/aromatic N) is 3. The second-order valence-corrected chi connectivity index (χ2v) is 6.85. The van der Waals surface area contributed by atoms with Gasteiger partial charge in [0.05, 0.1) is 17.8 Å². The molecule has 0 aliphatic carbocycles. The molecule has 5 nitrogen and oxygen atoms in total. The van der Waals surface area contributed by atoms with Gasteiger partial charge in [-0.05, 0) is 30.9 Å². The molecule has 2 aromatic rings. The van der Waals surface area contributed by atoms with Gasteiger partial charge in [-0.1, -0.05) is 32.0 Å². The highest BCUT2D eigenvalue weighted by Gasteiger charge is 2.37. The maximum Gasteiger partial charge on any atom is 0.258 e. The topological polar surface area (TPSA) is 50.2 Å². The molecule has 0 radical (unpaired) electrons. The van der Waals surface area contributed by atoms with Crippen LogP contribution in [0.3, 0.4) is 0 Å². The molecule has 24 heavy (non-hydrogen) atoms. The Labute approximate surface area is 142 Å². The van der Waals surface area contributed by atoms with E-state index in [2.05, 4.69) is 30.3 Å². The van der Waals surface area contributed by atoms with Crippen molar-refractivity contribution in [2.24, 2.45) is 5.92 Å². The number of hydrogen-bond acceptors (Lipinski definition) is 3. The lowest BCUT2D eigenvalue weighted by Crippen LogP contribution is -2.38. The summed E-state index contributed by atoms with van der Waals surface area (Å²) in [5.74, 6) is 1.31. The predicted octanol–water partition coefficient (Wildman–Crippen LogP) is 3.37. The van der Waals surface area contributed by atoms with Crippen molar-refractivity contribution in [2.75, 3.05) is 16.8 Å². The zero-order chi connectivity index (χ0) is 16.8. The van der Waals surface area contributed by atoms with Gasteiger partial charge in [0.2, 0.25) is 0 Å². The van der Waals surface area contributed by atoms with Gasteiger partial charge in [-0.25, -0.2) is 4.68 Å². The standard InChI is InChI=1S/C19H22N4O/c1-12(2)18-17(13(3)21-16-8-10-20-23(16)18)19(24)22-11-9-14-6-4-5-7-15(14)22/h4-8,10,12,18,21H,9,11H2,1-3H3. The molecule has 5 heteroatoms. The minimum absolute atomic E-state index is 0.0449. The molecule has 0 saturated carbocycles. The number of benzene rings is 1. The molecule has 0 spiro atoms. The zero-order valence-corrected chi connectivity index (χ0v) is 14.3. The van der Waals surface area contributed by atoms with E-state index in [0.717, 1.165) is 35.7 Å². The molecule has 2 aliphatic rings. The number of anilines is 2. The molecular weight excluding hydrogens is 300 g/mol. The Morgan fingerprint density at radius 1 is 1.29 bits per heavy atom. The van der Waals surface area contributed by atoms with E-state index in [1.807, 2.05) is 40.8 Å². The van der Waals surface area contributed by atoms with E-state index in [0.29, 0.717) is 0 Å². The lowest BCUT2D eigenvalue weighted by molar-refractivity contribution is -0.115. The number of nitrogens with one attached hydrogen (secondary N) is 1. The normalized spacial score (nSPS) is 19.3. The van der Waals surface area contributed by atoms with Crippen LogP contribution < -0.4 is 10.2 Å². The third-order valence-electron chi connectivity index (χ3n) is 4.94. The highest BCUT2D eigenvalue weighted by atomic mass is 16.2. The third-order valence-corrected chi connectivity index (χ3v) is 4.94. The van der Waals surface area contributed by atoms with Crippen LogP contribution in [0.2, 0.25) is 0 Å². The van der Waals surface area contributed by atoms with Crippen molar-refractivity contribution in [2.45, 2.75) is 33.2 Å². The van der Waals surface area contributed by atoms with Gasteiger partial charge in [0.1, 0.15) is 5.82 Å². The molecule has 2 aliphatic heterocycles. The summed E-state index contributed by atoms with van der Waals surface area (Å²) in [7, 11) is 0. The van der Waals surface area contributed by atoms with Gasteiger partial charge >= 0.3 is 0 Å². The van der Waals surface area contributed by atoms with Crippen molar-refractivity contribution in [3.63, 3.8) is 0 Å². The lowest BCUT2D eigenvalue weighted by atomic mass is 9.92. The maximum absolute atomic E-state index is 13.4. The molecule has 1 aromatic carbocycles. The fourth-order valence-corrected chi connectivity index (χ4v) is 3.84. The minimum Gasteiger partial charge on any atom is -0.344 e. The van der Waals surface area contributed by atoms with Crippen LogP contribution >= 0.6 is 0 Å². The highest BCUT2D eigenvalue weighted by Crippen LogP contribution is 2.38. The van der Waals surface area contributed by atoms with E-state index < -0.39 is 0 Å². The van der Waals surface area contributed by atoms with Crippen LogP contribution in [0.1, 0.15) is 32.4 Å². The van der Waals surface area contributed by atoms with Gasteiger partial charge in [-0.3, -0.25) is 4.79 Å². The van der Waals surface area contributed by atoms with Crippen molar-refractivity contribution in [3.05, 3.63) is 53.4 Å². The number of carbonyl (C=O) groups is 1. The van der Waals surface area contributed by atoms with Crippen LogP contribution in [0.25, 0.3) is 0 Å². The van der Waals surface area contributed by atoms with Crippen molar-refractivity contribution < 1.29 is 4.79 Å². The van der Waals surface area contributed by atoms with Gasteiger partial charge < -0.3 is 10.2 Å². The molecule has 3 heterocycles. The minimum atomic E-state index is -0.0449. The second-order valence-electron chi connectivity index (χ2n) is 6.85. The van der Waals surface area contributed by atoms with Crippen molar-refractivity contribution in [1.29, 1.82) is 0 Å². The van der Waals surface area contributed by atoms with Crippen LogP contribution in [0.4, 0.5) is 11.5 Å². The van der Waals surface area contributed by atoms with Crippen LogP contribution in [-0.4, -0.2) is 22.2 Å². The number of carbonyl (C=O) groups excluding carboxylic acids is 1. The van der Waals surface area contributed by atoms with Crippen LogP contribution in [0.5, 0.6) is 0 Å². The predicted molar refractivity (Wildman–Crippen MR) is 94.9 cm³/mol. The smallest absolute Gasteiger partial charge is 0.258 e. The number of aromatic nitrogens is 2. The van der Waals surface area contributed by atoms with Crippen LogP contribution in [0.15, 0.2) is 47.8 Å². The summed E-state index contributed by atoms with van der Waals surface area (Å²) in [5, 5.41) is 7.78. The maximum atomic E-state index is 13.4. The van der Waals surface area contributed by atoms with E-state index in [1.54, 1.807) is 6.20 Å². The summed E-state index contributed by atoms with van der Waals surface area (Å²) in [6, 6.07) is 10.1. The molecule has 1 amide bonds. The van der Waals surface area contributed by atoms with E-state index in [4.69, 9.17) is 0 Å². The molecule has 1 atom stereocenters. The first kappa shape index (κ1) is 15.0. The first-order valence-corrected chi connectivity index (χ1v) is 8.49. The van der Waals surface area contributed by atoms with Gasteiger partial charge in [0, 0.05) is 24.0 Å². The number of hydrogen-bond donors (Lipinski definition) is 1. The Kier molecular flexibility index (Phi) is 3.44. The SMILES string of the molecule is CC1=C(C(=O)N2CCc3ccccc32)C(C(C)C)n2nccc2N1. The number of rotatable bonds is 2. The molecule has 0 saturated heterocycles. The van der Waals surface area contributed by atoms with E-state index in [1.165, 1.54) is 5.56 Å². The second kappa shape index (κ2) is 5.51. The largest absolute Gasteiger partial charge is 0.344 e. The van der Waals surface area contributed by atoms with Crippen molar-refractivity contribution >= 4 is 17.4 Å². The highest BCUT2D eigenvalue weighted by molar-refractivity contribution is 6.08. The Balaban J connectivity index is 1.76. The van der Waals surface area contributed by atoms with Crippen molar-refractivity contribution in [3.8, 4) is 0 Å². The Bertz CT molecular complexity index is 833. The molecule has 1 aromatic heterocycles. The lowest BCUT2D eigenvalue weighted by Gasteiger charge is -2.33. The average molecular weight is 322 g/mol. The fraction of sp³-hybridized carbons (Fsp3) is 0.368. The van der Waals surface area contributed by atoms with Gasteiger partial charge in [0.25, 0.3) is 5.91 Å². The van der Waals surface area contributed by atoms with Gasteiger partial charge in [-0.15, -0.1) is 0 Å². The first-order chi connectivity index (χ1) is 11.6. The summed E-state index contributed by atoms with van der Waals surface area (Å²) >= 11 is 0. The molecule has 0 bridgehead atoms. The average Bonchev–Trinajstić information content (AvgIpc) is 3.18. The van der Waals surface area contributed by atoms with Gasteiger partial charge in [-0.2, -0.15) is 5.10 Å².